The van der Waals surface area contributed by atoms with Crippen molar-refractivity contribution in [3.63, 3.8) is 0 Å². The Morgan fingerprint density at radius 1 is 1.03 bits per heavy atom. The molecule has 0 saturated carbocycles. The van der Waals surface area contributed by atoms with E-state index >= 15 is 0 Å². The van der Waals surface area contributed by atoms with Crippen LogP contribution in [0.25, 0.3) is 10.9 Å². The van der Waals surface area contributed by atoms with Crippen molar-refractivity contribution in [2.75, 3.05) is 5.32 Å². The Balaban J connectivity index is 1.49. The van der Waals surface area contributed by atoms with Gasteiger partial charge in [0.25, 0.3) is 5.91 Å². The van der Waals surface area contributed by atoms with E-state index in [9.17, 15) is 14.4 Å². The number of anilines is 2. The summed E-state index contributed by atoms with van der Waals surface area (Å²) in [7, 11) is 1.99. The second-order valence-corrected chi connectivity index (χ2v) is 8.58. The van der Waals surface area contributed by atoms with E-state index in [0.717, 1.165) is 22.2 Å². The molecule has 1 aliphatic rings. The monoisotopic (exact) mass is 452 g/mol. The van der Waals surface area contributed by atoms with Crippen LogP contribution in [0.2, 0.25) is 0 Å². The largest absolute Gasteiger partial charge is 0.368 e. The molecular formula is C27H24N4O3. The lowest BCUT2D eigenvalue weighted by Crippen LogP contribution is -2.38. The first-order valence-electron chi connectivity index (χ1n) is 11.0. The topological polar surface area (TPSA) is 97.4 Å². The molecule has 0 radical (unpaired) electrons. The number of fused-ring (bicyclic) bond motifs is 2. The van der Waals surface area contributed by atoms with Crippen molar-refractivity contribution in [3.05, 3.63) is 95.2 Å². The molecule has 0 bridgehead atoms. The summed E-state index contributed by atoms with van der Waals surface area (Å²) in [5.74, 6) is -1.05. The molecule has 170 valence electrons. The van der Waals surface area contributed by atoms with Crippen molar-refractivity contribution in [1.82, 2.24) is 9.47 Å². The lowest BCUT2D eigenvalue weighted by Gasteiger charge is -2.26. The first kappa shape index (κ1) is 21.5. The maximum Gasteiger partial charge on any atom is 0.257 e. The molecule has 3 N–H and O–H groups in total. The van der Waals surface area contributed by atoms with Gasteiger partial charge in [-0.3, -0.25) is 14.4 Å². The molecule has 0 spiro atoms. The molecular weight excluding hydrogens is 428 g/mol. The summed E-state index contributed by atoms with van der Waals surface area (Å²) in [6, 6.07) is 19.4. The average molecular weight is 453 g/mol. The van der Waals surface area contributed by atoms with E-state index < -0.39 is 11.9 Å². The zero-order valence-corrected chi connectivity index (χ0v) is 18.9. The van der Waals surface area contributed by atoms with Crippen LogP contribution in [-0.4, -0.2) is 27.1 Å². The van der Waals surface area contributed by atoms with Crippen molar-refractivity contribution < 1.29 is 14.4 Å². The van der Waals surface area contributed by atoms with Crippen molar-refractivity contribution in [3.8, 4) is 0 Å². The molecule has 7 nitrogen and oxygen atoms in total. The molecule has 4 aromatic rings. The molecule has 3 aromatic carbocycles. The molecule has 0 aliphatic carbocycles. The van der Waals surface area contributed by atoms with Crippen molar-refractivity contribution in [2.24, 2.45) is 12.8 Å². The highest BCUT2D eigenvalue weighted by Crippen LogP contribution is 2.36. The Bertz CT molecular complexity index is 1470. The zero-order chi connectivity index (χ0) is 24.0. The van der Waals surface area contributed by atoms with E-state index in [1.165, 1.54) is 11.8 Å². The average Bonchev–Trinajstić information content (AvgIpc) is 3.34. The minimum Gasteiger partial charge on any atom is -0.368 e. The van der Waals surface area contributed by atoms with Gasteiger partial charge in [-0.2, -0.15) is 0 Å². The smallest absolute Gasteiger partial charge is 0.257 e. The summed E-state index contributed by atoms with van der Waals surface area (Å²) in [4.78, 5) is 39.4. The maximum atomic E-state index is 13.6. The van der Waals surface area contributed by atoms with Gasteiger partial charge in [-0.15, -0.1) is 0 Å². The number of hydrogen-bond donors (Lipinski definition) is 2. The third-order valence-electron chi connectivity index (χ3n) is 6.32. The molecule has 1 unspecified atom stereocenters. The summed E-state index contributed by atoms with van der Waals surface area (Å²) in [6.07, 6.45) is 2.00. The number of carbonyl (C=O) groups excluding carboxylic acids is 3. The summed E-state index contributed by atoms with van der Waals surface area (Å²) in [6.45, 7) is 1.71. The summed E-state index contributed by atoms with van der Waals surface area (Å²) >= 11 is 0. The van der Waals surface area contributed by atoms with Gasteiger partial charge in [-0.1, -0.05) is 30.3 Å². The number of carbonyl (C=O) groups is 3. The van der Waals surface area contributed by atoms with Gasteiger partial charge in [0.05, 0.1) is 11.3 Å². The van der Waals surface area contributed by atoms with Crippen LogP contribution in [0.4, 0.5) is 11.4 Å². The number of Topliss-reactive ketones (excluding diaryl/α,β-unsaturated/α-hetero) is 1. The number of nitrogens with two attached hydrogens (primary N) is 1. The number of aromatic nitrogens is 1. The van der Waals surface area contributed by atoms with Gasteiger partial charge in [-0.05, 0) is 54.4 Å². The predicted molar refractivity (Wildman–Crippen MR) is 131 cm³/mol. The number of nitrogens with zero attached hydrogens (tertiary/aromatic N) is 2. The lowest BCUT2D eigenvalue weighted by molar-refractivity contribution is -0.122. The molecule has 34 heavy (non-hydrogen) atoms. The lowest BCUT2D eigenvalue weighted by atomic mass is 10.0. The van der Waals surface area contributed by atoms with Crippen molar-refractivity contribution in [1.29, 1.82) is 0 Å². The SMILES string of the molecule is CC(=O)c1cccc(C(C(N)=O)N2Cc3cccc(Nc4ccc5c(ccn5C)c4)c3C2=O)c1. The number of primary amides is 1. The predicted octanol–water partition coefficient (Wildman–Crippen LogP) is 4.31. The van der Waals surface area contributed by atoms with E-state index in [1.54, 1.807) is 24.3 Å². The summed E-state index contributed by atoms with van der Waals surface area (Å²) < 4.78 is 2.05. The Labute approximate surface area is 196 Å². The standard InChI is InChI=1S/C27H24N4O3/c1-16(32)17-5-3-6-19(13-17)25(26(28)33)31-15-20-7-4-8-22(24(20)27(31)34)29-21-9-10-23-18(14-21)11-12-30(23)2/h3-14,25,29H,15H2,1-2H3,(H2,28,33). The minimum atomic E-state index is -0.979. The Morgan fingerprint density at radius 3 is 2.59 bits per heavy atom. The fourth-order valence-corrected chi connectivity index (χ4v) is 4.64. The summed E-state index contributed by atoms with van der Waals surface area (Å²) in [5.41, 5.74) is 10.7. The van der Waals surface area contributed by atoms with Crippen LogP contribution in [0.5, 0.6) is 0 Å². The molecule has 5 rings (SSSR count). The van der Waals surface area contributed by atoms with E-state index in [-0.39, 0.29) is 18.2 Å². The van der Waals surface area contributed by atoms with Crippen LogP contribution in [0.3, 0.4) is 0 Å². The Morgan fingerprint density at radius 2 is 1.82 bits per heavy atom. The zero-order valence-electron chi connectivity index (χ0n) is 18.9. The van der Waals surface area contributed by atoms with Crippen LogP contribution in [0, 0.1) is 0 Å². The third-order valence-corrected chi connectivity index (χ3v) is 6.32. The molecule has 1 aliphatic heterocycles. The van der Waals surface area contributed by atoms with E-state index in [4.69, 9.17) is 5.73 Å². The van der Waals surface area contributed by atoms with Gasteiger partial charge < -0.3 is 20.5 Å². The fraction of sp³-hybridized carbons (Fsp3) is 0.148. The molecule has 2 amide bonds. The molecule has 2 heterocycles. The fourth-order valence-electron chi connectivity index (χ4n) is 4.64. The first-order chi connectivity index (χ1) is 16.3. The van der Waals surface area contributed by atoms with Crippen LogP contribution in [0.1, 0.15) is 44.8 Å². The van der Waals surface area contributed by atoms with Crippen LogP contribution in [0.15, 0.2) is 72.9 Å². The van der Waals surface area contributed by atoms with Crippen LogP contribution >= 0.6 is 0 Å². The second-order valence-electron chi connectivity index (χ2n) is 8.58. The van der Waals surface area contributed by atoms with Gasteiger partial charge in [0.15, 0.2) is 5.78 Å². The highest BCUT2D eigenvalue weighted by atomic mass is 16.2. The van der Waals surface area contributed by atoms with Crippen molar-refractivity contribution >= 4 is 39.9 Å². The number of amides is 2. The second kappa shape index (κ2) is 8.19. The number of hydrogen-bond acceptors (Lipinski definition) is 4. The molecule has 1 aromatic heterocycles. The van der Waals surface area contributed by atoms with Gasteiger partial charge >= 0.3 is 0 Å². The molecule has 0 fully saturated rings. The highest BCUT2D eigenvalue weighted by molar-refractivity contribution is 6.06. The maximum absolute atomic E-state index is 13.6. The van der Waals surface area contributed by atoms with E-state index in [0.29, 0.717) is 22.4 Å². The summed E-state index contributed by atoms with van der Waals surface area (Å²) in [5, 5.41) is 4.46. The number of ketones is 1. The minimum absolute atomic E-state index is 0.122. The normalized spacial score (nSPS) is 13.7. The quantitative estimate of drug-likeness (QED) is 0.426. The number of rotatable bonds is 6. The van der Waals surface area contributed by atoms with E-state index in [1.807, 2.05) is 60.3 Å². The number of benzene rings is 3. The van der Waals surface area contributed by atoms with Crippen LogP contribution in [-0.2, 0) is 18.4 Å². The molecule has 7 heteroatoms. The van der Waals surface area contributed by atoms with Gasteiger partial charge in [0.2, 0.25) is 5.91 Å². The molecule has 0 saturated heterocycles. The van der Waals surface area contributed by atoms with Gasteiger partial charge in [-0.25, -0.2) is 0 Å². The Hall–Kier alpha value is -4.39. The molecule has 1 atom stereocenters. The third kappa shape index (κ3) is 3.61. The Kier molecular flexibility index (Phi) is 5.17. The highest BCUT2D eigenvalue weighted by Gasteiger charge is 2.38. The number of nitrogens with one attached hydrogen (secondary N) is 1. The van der Waals surface area contributed by atoms with Crippen LogP contribution < -0.4 is 11.1 Å². The number of aryl methyl sites for hydroxylation is 1. The van der Waals surface area contributed by atoms with Gasteiger partial charge in [0, 0.05) is 41.9 Å². The van der Waals surface area contributed by atoms with E-state index in [2.05, 4.69) is 5.32 Å². The van der Waals surface area contributed by atoms with Gasteiger partial charge in [0.1, 0.15) is 6.04 Å². The van der Waals surface area contributed by atoms with Crippen molar-refractivity contribution in [2.45, 2.75) is 19.5 Å². The first-order valence-corrected chi connectivity index (χ1v) is 11.0.